The number of unbranched alkanes of at least 4 members (excludes halogenated alkanes) is 2. The molecule has 0 radical (unpaired) electrons. The molecule has 0 amide bonds. The van der Waals surface area contributed by atoms with Crippen molar-refractivity contribution in [3.05, 3.63) is 41.8 Å². The zero-order valence-corrected chi connectivity index (χ0v) is 13.3. The van der Waals surface area contributed by atoms with Gasteiger partial charge in [0.2, 0.25) is 0 Å². The summed E-state index contributed by atoms with van der Waals surface area (Å²) < 4.78 is 29.4. The summed E-state index contributed by atoms with van der Waals surface area (Å²) in [7, 11) is -3.49. The van der Waals surface area contributed by atoms with Gasteiger partial charge in [0.1, 0.15) is 6.10 Å². The molecule has 116 valence electrons. The SMILES string of the molecule is CCCCC[C@H](/C=C/S(=O)(=O)c1ccccc1)OC(C)=O. The Bertz CT molecular complexity index is 561. The first kappa shape index (κ1) is 17.4. The molecule has 0 bridgehead atoms. The second-order valence-electron chi connectivity index (χ2n) is 4.83. The van der Waals surface area contributed by atoms with E-state index in [0.29, 0.717) is 6.42 Å². The molecular weight excluding hydrogens is 288 g/mol. The molecule has 0 aliphatic carbocycles. The summed E-state index contributed by atoms with van der Waals surface area (Å²) in [6, 6.07) is 8.18. The molecule has 0 fully saturated rings. The van der Waals surface area contributed by atoms with Gasteiger partial charge in [0.05, 0.1) is 4.90 Å². The Balaban J connectivity index is 2.78. The average molecular weight is 310 g/mol. The number of ether oxygens (including phenoxy) is 1. The van der Waals surface area contributed by atoms with Crippen LogP contribution in [0.15, 0.2) is 46.7 Å². The smallest absolute Gasteiger partial charge is 0.303 e. The lowest BCUT2D eigenvalue weighted by Gasteiger charge is -2.12. The largest absolute Gasteiger partial charge is 0.458 e. The zero-order valence-electron chi connectivity index (χ0n) is 12.5. The summed E-state index contributed by atoms with van der Waals surface area (Å²) in [5.74, 6) is -0.404. The summed E-state index contributed by atoms with van der Waals surface area (Å²) in [5, 5.41) is 1.13. The van der Waals surface area contributed by atoms with Gasteiger partial charge in [-0.15, -0.1) is 0 Å². The van der Waals surface area contributed by atoms with Crippen LogP contribution in [0.3, 0.4) is 0 Å². The minimum Gasteiger partial charge on any atom is -0.458 e. The quantitative estimate of drug-likeness (QED) is 0.545. The van der Waals surface area contributed by atoms with Gasteiger partial charge in [-0.3, -0.25) is 4.79 Å². The first-order valence-electron chi connectivity index (χ1n) is 7.11. The summed E-state index contributed by atoms with van der Waals surface area (Å²) in [6.45, 7) is 3.41. The number of hydrogen-bond acceptors (Lipinski definition) is 4. The lowest BCUT2D eigenvalue weighted by Crippen LogP contribution is -2.14. The topological polar surface area (TPSA) is 60.4 Å². The van der Waals surface area contributed by atoms with Gasteiger partial charge in [-0.05, 0) is 31.1 Å². The third-order valence-electron chi connectivity index (χ3n) is 2.95. The Kier molecular flexibility index (Phi) is 7.15. The van der Waals surface area contributed by atoms with E-state index in [1.165, 1.54) is 25.1 Å². The van der Waals surface area contributed by atoms with Crippen LogP contribution in [0.2, 0.25) is 0 Å². The Morgan fingerprint density at radius 2 is 1.90 bits per heavy atom. The molecule has 0 N–H and O–H groups in total. The van der Waals surface area contributed by atoms with Crippen LogP contribution in [-0.4, -0.2) is 20.5 Å². The first-order valence-corrected chi connectivity index (χ1v) is 8.66. The maximum atomic E-state index is 12.1. The van der Waals surface area contributed by atoms with E-state index < -0.39 is 21.9 Å². The molecule has 1 aromatic rings. The van der Waals surface area contributed by atoms with Gasteiger partial charge in [0.25, 0.3) is 0 Å². The minimum absolute atomic E-state index is 0.233. The summed E-state index contributed by atoms with van der Waals surface area (Å²) in [6.07, 6.45) is 4.57. The monoisotopic (exact) mass is 310 g/mol. The van der Waals surface area contributed by atoms with E-state index >= 15 is 0 Å². The van der Waals surface area contributed by atoms with E-state index in [1.54, 1.807) is 18.2 Å². The molecule has 1 atom stereocenters. The van der Waals surface area contributed by atoms with Gasteiger partial charge in [0, 0.05) is 12.3 Å². The van der Waals surface area contributed by atoms with E-state index in [9.17, 15) is 13.2 Å². The molecular formula is C16H22O4S. The maximum absolute atomic E-state index is 12.1. The average Bonchev–Trinajstić information content (AvgIpc) is 2.45. The molecule has 0 aliphatic heterocycles. The number of benzene rings is 1. The third-order valence-corrected chi connectivity index (χ3v) is 4.40. The number of sulfone groups is 1. The van der Waals surface area contributed by atoms with Crippen LogP contribution < -0.4 is 0 Å². The lowest BCUT2D eigenvalue weighted by atomic mass is 10.1. The molecule has 1 rings (SSSR count). The molecule has 21 heavy (non-hydrogen) atoms. The Hall–Kier alpha value is -1.62. The van der Waals surface area contributed by atoms with Gasteiger partial charge in [-0.1, -0.05) is 38.0 Å². The van der Waals surface area contributed by atoms with Gasteiger partial charge in [-0.2, -0.15) is 0 Å². The predicted molar refractivity (Wildman–Crippen MR) is 82.5 cm³/mol. The summed E-state index contributed by atoms with van der Waals surface area (Å²) in [4.78, 5) is 11.3. The highest BCUT2D eigenvalue weighted by Crippen LogP contribution is 2.14. The van der Waals surface area contributed by atoms with Crippen LogP contribution in [0.25, 0.3) is 0 Å². The standard InChI is InChI=1S/C16H22O4S/c1-3-4-6-9-15(20-14(2)17)12-13-21(18,19)16-10-7-5-8-11-16/h5,7-8,10-13,15H,3-4,6,9H2,1-2H3/b13-12+/t15-/m1/s1. The van der Waals surface area contributed by atoms with Crippen molar-refractivity contribution >= 4 is 15.8 Å². The van der Waals surface area contributed by atoms with E-state index in [-0.39, 0.29) is 4.90 Å². The molecule has 1 aromatic carbocycles. The summed E-state index contributed by atoms with van der Waals surface area (Å²) >= 11 is 0. The van der Waals surface area contributed by atoms with Crippen LogP contribution >= 0.6 is 0 Å². The molecule has 0 spiro atoms. The van der Waals surface area contributed by atoms with Crippen molar-refractivity contribution in [2.45, 2.75) is 50.5 Å². The number of hydrogen-bond donors (Lipinski definition) is 0. The maximum Gasteiger partial charge on any atom is 0.303 e. The van der Waals surface area contributed by atoms with E-state index in [4.69, 9.17) is 4.74 Å². The fraction of sp³-hybridized carbons (Fsp3) is 0.438. The Labute approximate surface area is 126 Å². The lowest BCUT2D eigenvalue weighted by molar-refractivity contribution is -0.144. The van der Waals surface area contributed by atoms with Crippen molar-refractivity contribution in [3.63, 3.8) is 0 Å². The number of esters is 1. The van der Waals surface area contributed by atoms with Crippen molar-refractivity contribution in [2.24, 2.45) is 0 Å². The second-order valence-corrected chi connectivity index (χ2v) is 6.66. The fourth-order valence-corrected chi connectivity index (χ4v) is 2.96. The first-order chi connectivity index (χ1) is 9.95. The van der Waals surface area contributed by atoms with Crippen LogP contribution in [-0.2, 0) is 19.4 Å². The van der Waals surface area contributed by atoms with Gasteiger partial charge >= 0.3 is 5.97 Å². The Morgan fingerprint density at radius 1 is 1.24 bits per heavy atom. The van der Waals surface area contributed by atoms with Crippen molar-refractivity contribution in [1.29, 1.82) is 0 Å². The molecule has 0 aromatic heterocycles. The molecule has 0 saturated heterocycles. The highest BCUT2D eigenvalue weighted by Gasteiger charge is 2.13. The number of carbonyl (C=O) groups excluding carboxylic acids is 1. The molecule has 0 heterocycles. The van der Waals surface area contributed by atoms with Crippen molar-refractivity contribution in [2.75, 3.05) is 0 Å². The zero-order chi connectivity index (χ0) is 15.7. The third kappa shape index (κ3) is 6.58. The molecule has 0 saturated carbocycles. The van der Waals surface area contributed by atoms with Crippen LogP contribution in [0.4, 0.5) is 0 Å². The van der Waals surface area contributed by atoms with Gasteiger partial charge in [-0.25, -0.2) is 8.42 Å². The second kappa shape index (κ2) is 8.62. The van der Waals surface area contributed by atoms with Crippen LogP contribution in [0, 0.1) is 0 Å². The highest BCUT2D eigenvalue weighted by molar-refractivity contribution is 7.94. The molecule has 0 unspecified atom stereocenters. The fourth-order valence-electron chi connectivity index (χ4n) is 1.88. The molecule has 4 nitrogen and oxygen atoms in total. The van der Waals surface area contributed by atoms with E-state index in [0.717, 1.165) is 24.7 Å². The Morgan fingerprint density at radius 3 is 2.48 bits per heavy atom. The van der Waals surface area contributed by atoms with Crippen molar-refractivity contribution < 1.29 is 17.9 Å². The number of carbonyl (C=O) groups is 1. The summed E-state index contributed by atoms with van der Waals surface area (Å²) in [5.41, 5.74) is 0. The highest BCUT2D eigenvalue weighted by atomic mass is 32.2. The van der Waals surface area contributed by atoms with E-state index in [2.05, 4.69) is 6.92 Å². The normalized spacial score (nSPS) is 13.2. The van der Waals surface area contributed by atoms with Crippen molar-refractivity contribution in [1.82, 2.24) is 0 Å². The molecule has 5 heteroatoms. The van der Waals surface area contributed by atoms with E-state index in [1.807, 2.05) is 0 Å². The van der Waals surface area contributed by atoms with Gasteiger partial charge in [0.15, 0.2) is 9.84 Å². The van der Waals surface area contributed by atoms with Crippen molar-refractivity contribution in [3.8, 4) is 0 Å². The van der Waals surface area contributed by atoms with Gasteiger partial charge < -0.3 is 4.74 Å². The minimum atomic E-state index is -3.49. The molecule has 0 aliphatic rings. The van der Waals surface area contributed by atoms with Crippen LogP contribution in [0.5, 0.6) is 0 Å². The number of rotatable bonds is 8. The van der Waals surface area contributed by atoms with Crippen LogP contribution in [0.1, 0.15) is 39.5 Å². The predicted octanol–water partition coefficient (Wildman–Crippen LogP) is 3.49.